The number of hydrogen-bond acceptors (Lipinski definition) is 6. The van der Waals surface area contributed by atoms with Gasteiger partial charge in [0.1, 0.15) is 11.7 Å². The fraction of sp³-hybridized carbons (Fsp3) is 0.583. The third kappa shape index (κ3) is 3.79. The minimum absolute atomic E-state index is 0.294. The van der Waals surface area contributed by atoms with E-state index < -0.39 is 0 Å². The molecule has 1 saturated heterocycles. The molecule has 160 valence electrons. The lowest BCUT2D eigenvalue weighted by molar-refractivity contribution is 0.172. The average molecular weight is 407 g/mol. The number of fused-ring (bicyclic) bond motifs is 2. The molecule has 0 amide bonds. The predicted octanol–water partition coefficient (Wildman–Crippen LogP) is 2.57. The van der Waals surface area contributed by atoms with Crippen molar-refractivity contribution in [3.63, 3.8) is 0 Å². The van der Waals surface area contributed by atoms with Gasteiger partial charge in [-0.1, -0.05) is 12.1 Å². The SMILES string of the molecule is CC1CN(C2=CC=CC3=NC(CN(C)C4CCCc5cccnc54)CN23)CC(C)N1. The van der Waals surface area contributed by atoms with E-state index in [2.05, 4.69) is 71.3 Å². The van der Waals surface area contributed by atoms with Gasteiger partial charge in [-0.05, 0) is 63.9 Å². The van der Waals surface area contributed by atoms with Crippen LogP contribution in [0.25, 0.3) is 0 Å². The van der Waals surface area contributed by atoms with Crippen molar-refractivity contribution in [1.82, 2.24) is 25.0 Å². The quantitative estimate of drug-likeness (QED) is 0.833. The first kappa shape index (κ1) is 19.8. The number of likely N-dealkylation sites (N-methyl/N-ethyl adjacent to an activating group) is 1. The molecule has 0 radical (unpaired) electrons. The molecule has 4 unspecified atom stereocenters. The van der Waals surface area contributed by atoms with E-state index in [4.69, 9.17) is 9.98 Å². The van der Waals surface area contributed by atoms with E-state index in [1.54, 1.807) is 0 Å². The minimum atomic E-state index is 0.294. The largest absolute Gasteiger partial charge is 0.355 e. The first-order valence-corrected chi connectivity index (χ1v) is 11.5. The molecule has 0 spiro atoms. The van der Waals surface area contributed by atoms with Crippen LogP contribution in [0.2, 0.25) is 0 Å². The maximum atomic E-state index is 5.09. The Balaban J connectivity index is 1.27. The standard InChI is InChI=1S/C24H34N6/c1-17-13-29(14-18(2)26-17)23-11-5-10-22-27-20(16-30(22)23)15-28(3)21-9-4-7-19-8-6-12-25-24(19)21/h5-6,8,10-12,17-18,20-21,26H,4,7,9,13-16H2,1-3H3. The third-order valence-electron chi connectivity index (χ3n) is 6.83. The van der Waals surface area contributed by atoms with Crippen molar-refractivity contribution in [2.24, 2.45) is 4.99 Å². The summed E-state index contributed by atoms with van der Waals surface area (Å²) in [4.78, 5) is 17.3. The van der Waals surface area contributed by atoms with Crippen LogP contribution < -0.4 is 5.32 Å². The smallest absolute Gasteiger partial charge is 0.129 e. The lowest BCUT2D eigenvalue weighted by Crippen LogP contribution is -2.56. The molecule has 1 aliphatic carbocycles. The molecule has 1 aromatic heterocycles. The number of pyridine rings is 1. The van der Waals surface area contributed by atoms with Crippen LogP contribution in [0, 0.1) is 0 Å². The molecular weight excluding hydrogens is 372 g/mol. The van der Waals surface area contributed by atoms with E-state index in [0.717, 1.165) is 38.4 Å². The van der Waals surface area contributed by atoms with Gasteiger partial charge in [0.2, 0.25) is 0 Å². The summed E-state index contributed by atoms with van der Waals surface area (Å²) in [6, 6.07) is 6.03. The molecule has 1 aromatic rings. The van der Waals surface area contributed by atoms with Crippen molar-refractivity contribution in [1.29, 1.82) is 0 Å². The molecule has 4 atom stereocenters. The monoisotopic (exact) mass is 406 g/mol. The van der Waals surface area contributed by atoms with Crippen LogP contribution in [0.15, 0.2) is 47.4 Å². The first-order valence-electron chi connectivity index (χ1n) is 11.5. The Morgan fingerprint density at radius 2 is 2.03 bits per heavy atom. The van der Waals surface area contributed by atoms with Crippen LogP contribution in [-0.2, 0) is 6.42 Å². The first-order chi connectivity index (χ1) is 14.6. The number of rotatable bonds is 4. The summed E-state index contributed by atoms with van der Waals surface area (Å²) in [6.07, 6.45) is 12.1. The molecule has 6 heteroatoms. The molecule has 1 fully saturated rings. The van der Waals surface area contributed by atoms with Gasteiger partial charge in [-0.15, -0.1) is 0 Å². The molecule has 0 bridgehead atoms. The average Bonchev–Trinajstić information content (AvgIpc) is 3.15. The fourth-order valence-corrected chi connectivity index (χ4v) is 5.62. The van der Waals surface area contributed by atoms with Crippen molar-refractivity contribution in [3.8, 4) is 0 Å². The minimum Gasteiger partial charge on any atom is -0.355 e. The van der Waals surface area contributed by atoms with Gasteiger partial charge in [-0.3, -0.25) is 14.9 Å². The van der Waals surface area contributed by atoms with Crippen molar-refractivity contribution in [2.75, 3.05) is 33.2 Å². The molecule has 4 aliphatic rings. The summed E-state index contributed by atoms with van der Waals surface area (Å²) in [5.74, 6) is 2.43. The molecule has 0 saturated carbocycles. The molecule has 1 N–H and O–H groups in total. The van der Waals surface area contributed by atoms with Crippen molar-refractivity contribution < 1.29 is 0 Å². The van der Waals surface area contributed by atoms with Crippen molar-refractivity contribution in [2.45, 2.75) is 57.3 Å². The van der Waals surface area contributed by atoms with Crippen LogP contribution in [-0.4, -0.2) is 76.9 Å². The Morgan fingerprint density at radius 3 is 2.87 bits per heavy atom. The molecule has 4 heterocycles. The van der Waals surface area contributed by atoms with E-state index in [9.17, 15) is 0 Å². The van der Waals surface area contributed by atoms with Crippen LogP contribution in [0.4, 0.5) is 0 Å². The third-order valence-corrected chi connectivity index (χ3v) is 6.83. The second-order valence-electron chi connectivity index (χ2n) is 9.40. The van der Waals surface area contributed by atoms with E-state index in [1.807, 2.05) is 6.20 Å². The van der Waals surface area contributed by atoms with E-state index >= 15 is 0 Å². The highest BCUT2D eigenvalue weighted by Gasteiger charge is 2.34. The van der Waals surface area contributed by atoms with Gasteiger partial charge in [0.25, 0.3) is 0 Å². The van der Waals surface area contributed by atoms with Gasteiger partial charge in [-0.2, -0.15) is 0 Å². The summed E-state index contributed by atoms with van der Waals surface area (Å²) in [5, 5.41) is 3.64. The number of amidine groups is 1. The van der Waals surface area contributed by atoms with Gasteiger partial charge in [0.15, 0.2) is 0 Å². The summed E-state index contributed by atoms with van der Waals surface area (Å²) >= 11 is 0. The summed E-state index contributed by atoms with van der Waals surface area (Å²) in [5.41, 5.74) is 2.70. The molecule has 0 aromatic carbocycles. The highest BCUT2D eigenvalue weighted by atomic mass is 15.4. The Labute approximate surface area is 180 Å². The van der Waals surface area contributed by atoms with Crippen LogP contribution in [0.3, 0.4) is 0 Å². The number of hydrogen-bond donors (Lipinski definition) is 1. The van der Waals surface area contributed by atoms with E-state index in [0.29, 0.717) is 24.2 Å². The predicted molar refractivity (Wildman–Crippen MR) is 121 cm³/mol. The number of aliphatic imine (C=N–C) groups is 1. The summed E-state index contributed by atoms with van der Waals surface area (Å²) in [6.45, 7) is 8.57. The van der Waals surface area contributed by atoms with Crippen molar-refractivity contribution >= 4 is 5.84 Å². The Kier molecular flexibility index (Phi) is 5.37. The van der Waals surface area contributed by atoms with E-state index in [1.165, 1.54) is 29.9 Å². The van der Waals surface area contributed by atoms with Crippen LogP contribution in [0.1, 0.15) is 44.0 Å². The summed E-state index contributed by atoms with van der Waals surface area (Å²) < 4.78 is 0. The zero-order valence-electron chi connectivity index (χ0n) is 18.5. The van der Waals surface area contributed by atoms with E-state index in [-0.39, 0.29) is 0 Å². The lowest BCUT2D eigenvalue weighted by Gasteiger charge is -2.42. The topological polar surface area (TPSA) is 47.0 Å². The Morgan fingerprint density at radius 1 is 1.20 bits per heavy atom. The number of nitrogens with zero attached hydrogens (tertiary/aromatic N) is 5. The lowest BCUT2D eigenvalue weighted by atomic mass is 9.91. The molecule has 3 aliphatic heterocycles. The normalized spacial score (nSPS) is 30.8. The molecule has 5 rings (SSSR count). The number of aromatic nitrogens is 1. The maximum absolute atomic E-state index is 5.09. The van der Waals surface area contributed by atoms with Gasteiger partial charge < -0.3 is 15.1 Å². The second kappa shape index (κ2) is 8.16. The second-order valence-corrected chi connectivity index (χ2v) is 9.40. The number of piperazine rings is 1. The zero-order valence-corrected chi connectivity index (χ0v) is 18.5. The molecule has 30 heavy (non-hydrogen) atoms. The van der Waals surface area contributed by atoms with Gasteiger partial charge in [-0.25, -0.2) is 0 Å². The highest BCUT2D eigenvalue weighted by Crippen LogP contribution is 2.33. The Bertz CT molecular complexity index is 864. The van der Waals surface area contributed by atoms with Gasteiger partial charge in [0, 0.05) is 44.5 Å². The van der Waals surface area contributed by atoms with Crippen LogP contribution >= 0.6 is 0 Å². The molecule has 6 nitrogen and oxygen atoms in total. The van der Waals surface area contributed by atoms with Gasteiger partial charge >= 0.3 is 0 Å². The number of nitrogens with one attached hydrogen (secondary N) is 1. The Hall–Kier alpha value is -2.18. The maximum Gasteiger partial charge on any atom is 0.129 e. The fourth-order valence-electron chi connectivity index (χ4n) is 5.62. The highest BCUT2D eigenvalue weighted by molar-refractivity contribution is 5.96. The van der Waals surface area contributed by atoms with Gasteiger partial charge in [0.05, 0.1) is 17.8 Å². The molecular formula is C24H34N6. The number of allylic oxidation sites excluding steroid dienone is 2. The zero-order chi connectivity index (χ0) is 20.7. The van der Waals surface area contributed by atoms with Crippen molar-refractivity contribution in [3.05, 3.63) is 53.6 Å². The van der Waals surface area contributed by atoms with Crippen LogP contribution in [0.5, 0.6) is 0 Å². The summed E-state index contributed by atoms with van der Waals surface area (Å²) in [7, 11) is 2.25. The number of aryl methyl sites for hydroxylation is 1.